The summed E-state index contributed by atoms with van der Waals surface area (Å²) in [6.07, 6.45) is 6.85. The van der Waals surface area contributed by atoms with E-state index in [2.05, 4.69) is 28.2 Å². The lowest BCUT2D eigenvalue weighted by Crippen LogP contribution is -2.20. The first-order valence-corrected chi connectivity index (χ1v) is 8.12. The highest BCUT2D eigenvalue weighted by Crippen LogP contribution is 2.30. The highest BCUT2D eigenvalue weighted by atomic mass is 79.9. The summed E-state index contributed by atoms with van der Waals surface area (Å²) < 4.78 is 1.02. The Hall–Kier alpha value is -0.540. The van der Waals surface area contributed by atoms with Crippen molar-refractivity contribution in [3.05, 3.63) is 28.2 Å². The second-order valence-corrected chi connectivity index (χ2v) is 6.78. The zero-order chi connectivity index (χ0) is 13.7. The van der Waals surface area contributed by atoms with E-state index in [4.69, 9.17) is 0 Å². The zero-order valence-electron chi connectivity index (χ0n) is 11.7. The van der Waals surface area contributed by atoms with Gasteiger partial charge >= 0.3 is 0 Å². The quantitative estimate of drug-likeness (QED) is 0.783. The van der Waals surface area contributed by atoms with Crippen molar-refractivity contribution < 1.29 is 5.11 Å². The van der Waals surface area contributed by atoms with Crippen LogP contribution in [0.4, 0.5) is 0 Å². The molecule has 0 heterocycles. The lowest BCUT2D eigenvalue weighted by atomic mass is 9.81. The van der Waals surface area contributed by atoms with Gasteiger partial charge in [0, 0.05) is 16.6 Å². The summed E-state index contributed by atoms with van der Waals surface area (Å²) in [5.74, 6) is 2.21. The molecule has 1 aromatic carbocycles. The summed E-state index contributed by atoms with van der Waals surface area (Å²) in [6.45, 7) is 4.16. The molecule has 0 aliphatic heterocycles. The molecule has 106 valence electrons. The molecule has 0 spiro atoms. The number of rotatable bonds is 5. The van der Waals surface area contributed by atoms with E-state index in [1.54, 1.807) is 6.07 Å². The Kier molecular flexibility index (Phi) is 5.71. The molecule has 3 heteroatoms. The Morgan fingerprint density at radius 2 is 2.00 bits per heavy atom. The number of aromatic hydroxyl groups is 1. The van der Waals surface area contributed by atoms with Gasteiger partial charge in [-0.05, 0) is 43.0 Å². The number of halogens is 1. The van der Waals surface area contributed by atoms with Crippen LogP contribution in [0, 0.1) is 11.8 Å². The largest absolute Gasteiger partial charge is 0.508 e. The number of phenolic OH excluding ortho intramolecular Hbond substituents is 1. The van der Waals surface area contributed by atoms with Crippen molar-refractivity contribution in [1.82, 2.24) is 5.32 Å². The normalized spacial score (nSPS) is 23.5. The van der Waals surface area contributed by atoms with Gasteiger partial charge in [-0.2, -0.15) is 0 Å². The number of phenols is 1. The van der Waals surface area contributed by atoms with Crippen molar-refractivity contribution in [2.75, 3.05) is 6.54 Å². The highest BCUT2D eigenvalue weighted by Gasteiger charge is 2.17. The van der Waals surface area contributed by atoms with Crippen LogP contribution in [-0.2, 0) is 6.54 Å². The van der Waals surface area contributed by atoms with Gasteiger partial charge in [-0.25, -0.2) is 0 Å². The summed E-state index contributed by atoms with van der Waals surface area (Å²) in [5, 5.41) is 13.2. The highest BCUT2D eigenvalue weighted by molar-refractivity contribution is 9.10. The van der Waals surface area contributed by atoms with E-state index in [-0.39, 0.29) is 0 Å². The molecular weight excluding hydrogens is 302 g/mol. The third-order valence-corrected chi connectivity index (χ3v) is 4.72. The van der Waals surface area contributed by atoms with Crippen LogP contribution in [-0.4, -0.2) is 11.7 Å². The third-order valence-electron chi connectivity index (χ3n) is 4.22. The van der Waals surface area contributed by atoms with Crippen LogP contribution < -0.4 is 5.32 Å². The van der Waals surface area contributed by atoms with Crippen molar-refractivity contribution in [2.45, 2.75) is 45.6 Å². The molecule has 2 rings (SSSR count). The number of hydrogen-bond acceptors (Lipinski definition) is 2. The minimum absolute atomic E-state index is 0.377. The van der Waals surface area contributed by atoms with Crippen molar-refractivity contribution in [2.24, 2.45) is 11.8 Å². The zero-order valence-corrected chi connectivity index (χ0v) is 13.2. The molecule has 1 aliphatic rings. The van der Waals surface area contributed by atoms with Gasteiger partial charge in [0.2, 0.25) is 0 Å². The Morgan fingerprint density at radius 3 is 2.74 bits per heavy atom. The maximum Gasteiger partial charge on any atom is 0.120 e. The van der Waals surface area contributed by atoms with Gasteiger partial charge in [0.05, 0.1) is 0 Å². The first-order chi connectivity index (χ1) is 9.15. The van der Waals surface area contributed by atoms with E-state index in [1.165, 1.54) is 32.1 Å². The second-order valence-electron chi connectivity index (χ2n) is 5.86. The molecule has 0 radical (unpaired) electrons. The molecule has 0 aromatic heterocycles. The number of nitrogens with one attached hydrogen (secondary N) is 1. The molecule has 0 atom stereocenters. The fourth-order valence-corrected chi connectivity index (χ4v) is 3.25. The monoisotopic (exact) mass is 325 g/mol. The fraction of sp³-hybridized carbons (Fsp3) is 0.625. The van der Waals surface area contributed by atoms with Crippen LogP contribution in [0.2, 0.25) is 0 Å². The second kappa shape index (κ2) is 7.30. The standard InChI is InChI=1S/C16H24BrNO/c1-12-2-4-13(5-3-12)8-9-18-11-14-10-15(17)6-7-16(14)19/h6-7,10,12-13,18-19H,2-5,8-9,11H2,1H3. The maximum atomic E-state index is 9.75. The van der Waals surface area contributed by atoms with Gasteiger partial charge in [0.15, 0.2) is 0 Å². The number of benzene rings is 1. The van der Waals surface area contributed by atoms with E-state index >= 15 is 0 Å². The molecule has 1 saturated carbocycles. The first-order valence-electron chi connectivity index (χ1n) is 7.33. The van der Waals surface area contributed by atoms with Crippen LogP contribution in [0.15, 0.2) is 22.7 Å². The molecule has 1 aliphatic carbocycles. The first kappa shape index (κ1) is 14.9. The molecule has 1 fully saturated rings. The molecule has 0 unspecified atom stereocenters. The molecule has 2 N–H and O–H groups in total. The minimum atomic E-state index is 0.377. The van der Waals surface area contributed by atoms with E-state index in [1.807, 2.05) is 12.1 Å². The minimum Gasteiger partial charge on any atom is -0.508 e. The molecule has 19 heavy (non-hydrogen) atoms. The van der Waals surface area contributed by atoms with E-state index in [9.17, 15) is 5.11 Å². The lowest BCUT2D eigenvalue weighted by molar-refractivity contribution is 0.275. The SMILES string of the molecule is CC1CCC(CCNCc2cc(Br)ccc2O)CC1. The van der Waals surface area contributed by atoms with Crippen LogP contribution in [0.1, 0.15) is 44.6 Å². The van der Waals surface area contributed by atoms with Crippen LogP contribution in [0.5, 0.6) is 5.75 Å². The van der Waals surface area contributed by atoms with Crippen LogP contribution in [0.3, 0.4) is 0 Å². The molecule has 0 saturated heterocycles. The summed E-state index contributed by atoms with van der Waals surface area (Å²) in [6, 6.07) is 5.58. The van der Waals surface area contributed by atoms with Gasteiger partial charge in [-0.3, -0.25) is 0 Å². The Balaban J connectivity index is 1.68. The predicted molar refractivity (Wildman–Crippen MR) is 83.3 cm³/mol. The maximum absolute atomic E-state index is 9.75. The average Bonchev–Trinajstić information content (AvgIpc) is 2.40. The van der Waals surface area contributed by atoms with E-state index in [0.29, 0.717) is 5.75 Å². The topological polar surface area (TPSA) is 32.3 Å². The molecular formula is C16H24BrNO. The van der Waals surface area contributed by atoms with Crippen molar-refractivity contribution >= 4 is 15.9 Å². The van der Waals surface area contributed by atoms with Gasteiger partial charge in [0.1, 0.15) is 5.75 Å². The lowest BCUT2D eigenvalue weighted by Gasteiger charge is -2.26. The van der Waals surface area contributed by atoms with Crippen molar-refractivity contribution in [3.63, 3.8) is 0 Å². The van der Waals surface area contributed by atoms with Gasteiger partial charge in [-0.15, -0.1) is 0 Å². The van der Waals surface area contributed by atoms with E-state index < -0.39 is 0 Å². The molecule has 0 amide bonds. The predicted octanol–water partition coefficient (Wildman–Crippen LogP) is 4.46. The summed E-state index contributed by atoms with van der Waals surface area (Å²) in [5.41, 5.74) is 0.964. The van der Waals surface area contributed by atoms with Gasteiger partial charge in [-0.1, -0.05) is 48.5 Å². The van der Waals surface area contributed by atoms with Gasteiger partial charge in [0.25, 0.3) is 0 Å². The molecule has 1 aromatic rings. The Bertz CT molecular complexity index is 400. The smallest absolute Gasteiger partial charge is 0.120 e. The molecule has 0 bridgehead atoms. The Labute approximate surface area is 124 Å². The Morgan fingerprint density at radius 1 is 1.26 bits per heavy atom. The fourth-order valence-electron chi connectivity index (χ4n) is 2.84. The average molecular weight is 326 g/mol. The van der Waals surface area contributed by atoms with E-state index in [0.717, 1.165) is 35.0 Å². The summed E-state index contributed by atoms with van der Waals surface area (Å²) in [7, 11) is 0. The van der Waals surface area contributed by atoms with Crippen molar-refractivity contribution in [3.8, 4) is 5.75 Å². The van der Waals surface area contributed by atoms with Crippen LogP contribution in [0.25, 0.3) is 0 Å². The summed E-state index contributed by atoms with van der Waals surface area (Å²) >= 11 is 3.43. The summed E-state index contributed by atoms with van der Waals surface area (Å²) in [4.78, 5) is 0. The van der Waals surface area contributed by atoms with Crippen LogP contribution >= 0.6 is 15.9 Å². The third kappa shape index (κ3) is 4.81. The number of hydrogen-bond donors (Lipinski definition) is 2. The molecule has 2 nitrogen and oxygen atoms in total. The van der Waals surface area contributed by atoms with Crippen molar-refractivity contribution in [1.29, 1.82) is 0 Å². The van der Waals surface area contributed by atoms with Gasteiger partial charge < -0.3 is 10.4 Å².